The molecule has 0 saturated carbocycles. The number of rotatable bonds is 10. The molecule has 2 aliphatic carbocycles. The molecule has 113 heavy (non-hydrogen) atoms. The van der Waals surface area contributed by atoms with E-state index >= 15 is 0 Å². The highest BCUT2D eigenvalue weighted by Crippen LogP contribution is 2.68. The molecule has 0 fully saturated rings. The zero-order valence-electron chi connectivity index (χ0n) is 61.7. The van der Waals surface area contributed by atoms with Crippen molar-refractivity contribution in [2.24, 2.45) is 0 Å². The van der Waals surface area contributed by atoms with Crippen molar-refractivity contribution in [1.82, 2.24) is 0 Å². The van der Waals surface area contributed by atoms with Crippen LogP contribution in [0.25, 0.3) is 133 Å². The third kappa shape index (κ3) is 9.49. The number of furan rings is 1. The van der Waals surface area contributed by atoms with Gasteiger partial charge in [0.2, 0.25) is 0 Å². The van der Waals surface area contributed by atoms with E-state index in [2.05, 4.69) is 434 Å². The first-order valence-corrected chi connectivity index (χ1v) is 39.2. The highest BCUT2D eigenvalue weighted by atomic mass is 16.3. The zero-order chi connectivity index (χ0) is 74.3. The molecule has 3 nitrogen and oxygen atoms in total. The molecule has 3 heteroatoms. The van der Waals surface area contributed by atoms with Crippen LogP contribution < -0.4 is 9.80 Å². The highest BCUT2D eigenvalue weighted by molar-refractivity contribution is 6.16. The standard InChI is InChI=1S/C110H70N2O/c1-5-31-71(32-6-1)79-39-13-17-43-83(79)75-59-63-101-97(67-75)109(93-53-25-21-47-87(93)88-48-22-26-54-94(88)109)98-68-76(84-44-18-14-40-80(84)72-33-7-2-8-34-72)60-64-102(98)111(101)105-57-29-51-91-92-52-30-58-106(108(92)113-107(91)105)112-103-65-61-77(85-45-19-15-41-81(85)73-35-9-3-10-36-73)69-99(103)110(95-55-27-23-49-89(95)90-50-24-28-56-96(90)110)100-70-78(62-66-104(100)112)86-46-20-16-42-82(86)74-37-11-4-12-38-74/h1-70H. The Morgan fingerprint density at radius 1 is 0.150 bits per heavy atom. The molecule has 0 radical (unpaired) electrons. The van der Waals surface area contributed by atoms with Gasteiger partial charge in [-0.15, -0.1) is 0 Å². The van der Waals surface area contributed by atoms with Crippen LogP contribution in [0.5, 0.6) is 0 Å². The van der Waals surface area contributed by atoms with Gasteiger partial charge in [-0.1, -0.05) is 364 Å². The fourth-order valence-electron chi connectivity index (χ4n) is 20.1. The second-order valence-electron chi connectivity index (χ2n) is 30.3. The van der Waals surface area contributed by atoms with Crippen LogP contribution in [0.4, 0.5) is 34.1 Å². The summed E-state index contributed by atoms with van der Waals surface area (Å²) in [6.45, 7) is 0. The fraction of sp³-hybridized carbons (Fsp3) is 0.0182. The van der Waals surface area contributed by atoms with E-state index in [0.29, 0.717) is 0 Å². The molecule has 19 aromatic rings. The molecule has 0 saturated heterocycles. The number of anilines is 6. The van der Waals surface area contributed by atoms with Crippen LogP contribution in [0.2, 0.25) is 0 Å². The molecule has 3 heterocycles. The Morgan fingerprint density at radius 2 is 0.363 bits per heavy atom. The monoisotopic (exact) mass is 1430 g/mol. The van der Waals surface area contributed by atoms with Crippen LogP contribution >= 0.6 is 0 Å². The average Bonchev–Trinajstić information content (AvgIpc) is 1.59. The Labute approximate surface area is 657 Å². The van der Waals surface area contributed by atoms with E-state index in [9.17, 15) is 0 Å². The molecule has 1 aromatic heterocycles. The van der Waals surface area contributed by atoms with Gasteiger partial charge in [0, 0.05) is 10.8 Å². The third-order valence-electron chi connectivity index (χ3n) is 24.7. The largest absolute Gasteiger partial charge is 0.452 e. The van der Waals surface area contributed by atoms with Crippen molar-refractivity contribution in [3.8, 4) is 111 Å². The van der Waals surface area contributed by atoms with Crippen molar-refractivity contribution in [2.75, 3.05) is 9.80 Å². The van der Waals surface area contributed by atoms with Crippen molar-refractivity contribution in [1.29, 1.82) is 0 Å². The van der Waals surface area contributed by atoms with E-state index in [1.165, 1.54) is 134 Å². The predicted octanol–water partition coefficient (Wildman–Crippen LogP) is 29.2. The lowest BCUT2D eigenvalue weighted by Gasteiger charge is -2.45. The maximum Gasteiger partial charge on any atom is 0.159 e. The van der Waals surface area contributed by atoms with Crippen LogP contribution in [-0.4, -0.2) is 0 Å². The van der Waals surface area contributed by atoms with Crippen LogP contribution in [0.3, 0.4) is 0 Å². The number of nitrogens with zero attached hydrogens (tertiary/aromatic N) is 2. The molecular formula is C110H70N2O. The van der Waals surface area contributed by atoms with Gasteiger partial charge in [-0.05, 0) is 216 Å². The number of hydrogen-bond donors (Lipinski definition) is 0. The van der Waals surface area contributed by atoms with Crippen molar-refractivity contribution in [3.05, 3.63) is 469 Å². The molecule has 4 aliphatic rings. The highest BCUT2D eigenvalue weighted by Gasteiger charge is 2.54. The molecule has 18 aromatic carbocycles. The second-order valence-corrected chi connectivity index (χ2v) is 30.3. The summed E-state index contributed by atoms with van der Waals surface area (Å²) in [5.74, 6) is 0. The first-order chi connectivity index (χ1) is 56.1. The number of para-hydroxylation sites is 2. The molecule has 0 N–H and O–H groups in total. The summed E-state index contributed by atoms with van der Waals surface area (Å²) in [5.41, 5.74) is 39.5. The lowest BCUT2D eigenvalue weighted by Crippen LogP contribution is -2.36. The van der Waals surface area contributed by atoms with Gasteiger partial charge in [-0.25, -0.2) is 0 Å². The fourth-order valence-corrected chi connectivity index (χ4v) is 20.1. The Morgan fingerprint density at radius 3 is 0.611 bits per heavy atom. The Hall–Kier alpha value is -14.6. The predicted molar refractivity (Wildman–Crippen MR) is 468 cm³/mol. The normalized spacial score (nSPS) is 13.4. The van der Waals surface area contributed by atoms with Crippen LogP contribution in [0.1, 0.15) is 44.5 Å². The lowest BCUT2D eigenvalue weighted by molar-refractivity contribution is 0.667. The lowest BCUT2D eigenvalue weighted by atomic mass is 9.64. The Balaban J connectivity index is 0.796. The zero-order valence-corrected chi connectivity index (χ0v) is 61.7. The van der Waals surface area contributed by atoms with E-state index < -0.39 is 10.8 Å². The van der Waals surface area contributed by atoms with Gasteiger partial charge in [0.1, 0.15) is 0 Å². The molecule has 0 bridgehead atoms. The topological polar surface area (TPSA) is 19.6 Å². The first-order valence-electron chi connectivity index (χ1n) is 39.2. The number of benzene rings is 18. The molecule has 2 spiro atoms. The van der Waals surface area contributed by atoms with Crippen LogP contribution in [-0.2, 0) is 10.8 Å². The van der Waals surface area contributed by atoms with Gasteiger partial charge in [0.15, 0.2) is 11.2 Å². The van der Waals surface area contributed by atoms with Gasteiger partial charge < -0.3 is 14.2 Å². The Kier molecular flexibility index (Phi) is 14.5. The molecule has 0 atom stereocenters. The summed E-state index contributed by atoms with van der Waals surface area (Å²) in [4.78, 5) is 5.08. The molecule has 0 amide bonds. The van der Waals surface area contributed by atoms with Crippen molar-refractivity contribution >= 4 is 56.1 Å². The average molecular weight is 1440 g/mol. The second kappa shape index (κ2) is 25.5. The van der Waals surface area contributed by atoms with Crippen LogP contribution in [0.15, 0.2) is 429 Å². The number of fused-ring (bicyclic) bond motifs is 21. The number of hydrogen-bond acceptors (Lipinski definition) is 3. The molecule has 2 aliphatic heterocycles. The first kappa shape index (κ1) is 64.4. The van der Waals surface area contributed by atoms with Crippen molar-refractivity contribution < 1.29 is 4.42 Å². The molecule has 0 unspecified atom stereocenters. The summed E-state index contributed by atoms with van der Waals surface area (Å²) >= 11 is 0. The minimum absolute atomic E-state index is 0.792. The van der Waals surface area contributed by atoms with Crippen molar-refractivity contribution in [3.63, 3.8) is 0 Å². The van der Waals surface area contributed by atoms with Gasteiger partial charge in [0.05, 0.1) is 45.0 Å². The smallest absolute Gasteiger partial charge is 0.159 e. The van der Waals surface area contributed by atoms with E-state index in [-0.39, 0.29) is 0 Å². The quantitative estimate of drug-likeness (QED) is 0.136. The SMILES string of the molecule is c1ccc(-c2ccccc2-c2ccc3c(c2)C2(c4ccccc4-c4ccccc42)c2cc(-c4ccccc4-c4ccccc4)ccc2N3c2cccc3c2oc2c(N4c5ccc(-c6ccccc6-c6ccccc6)cc5C5(c6ccccc6-c6ccccc65)c5cc(-c6ccccc6-c6ccccc6)ccc54)cccc23)cc1. The maximum atomic E-state index is 8.09. The van der Waals surface area contributed by atoms with Gasteiger partial charge in [0.25, 0.3) is 0 Å². The molecule has 526 valence electrons. The van der Waals surface area contributed by atoms with E-state index in [1.807, 2.05) is 0 Å². The third-order valence-corrected chi connectivity index (χ3v) is 24.7. The minimum atomic E-state index is -0.793. The summed E-state index contributed by atoms with van der Waals surface area (Å²) < 4.78 is 8.09. The summed E-state index contributed by atoms with van der Waals surface area (Å²) in [6, 6.07) is 159. The van der Waals surface area contributed by atoms with E-state index in [1.54, 1.807) is 0 Å². The minimum Gasteiger partial charge on any atom is -0.452 e. The van der Waals surface area contributed by atoms with Crippen LogP contribution in [0, 0.1) is 0 Å². The summed E-state index contributed by atoms with van der Waals surface area (Å²) in [7, 11) is 0. The molecule has 23 rings (SSSR count). The molecular weight excluding hydrogens is 1370 g/mol. The van der Waals surface area contributed by atoms with E-state index in [4.69, 9.17) is 4.42 Å². The van der Waals surface area contributed by atoms with Gasteiger partial charge in [-0.2, -0.15) is 0 Å². The Bertz CT molecular complexity index is 6290. The summed E-state index contributed by atoms with van der Waals surface area (Å²) in [6.07, 6.45) is 0. The van der Waals surface area contributed by atoms with Crippen molar-refractivity contribution in [2.45, 2.75) is 10.8 Å². The van der Waals surface area contributed by atoms with Gasteiger partial charge >= 0.3 is 0 Å². The van der Waals surface area contributed by atoms with E-state index in [0.717, 1.165) is 78.3 Å². The van der Waals surface area contributed by atoms with Gasteiger partial charge in [-0.3, -0.25) is 0 Å². The summed E-state index contributed by atoms with van der Waals surface area (Å²) in [5, 5.41) is 2.05. The maximum absolute atomic E-state index is 8.09.